The molecule has 0 atom stereocenters. The van der Waals surface area contributed by atoms with Gasteiger partial charge in [0.1, 0.15) is 0 Å². The van der Waals surface area contributed by atoms with E-state index in [1.807, 2.05) is 38.1 Å². The molecule has 7 heteroatoms. The van der Waals surface area contributed by atoms with Gasteiger partial charge in [-0.1, -0.05) is 28.1 Å². The molecule has 1 N–H and O–H groups in total. The van der Waals surface area contributed by atoms with Crippen molar-refractivity contribution in [3.8, 4) is 0 Å². The zero-order chi connectivity index (χ0) is 18.8. The standard InChI is InChI=1S/C18H21BrN2O3S/c1-12-9-16(25(23,24)21(3)4)11-17(13(12)2)20-18(22)10-14-5-7-15(19)8-6-14/h5-9,11H,10H2,1-4H3,(H,20,22). The predicted molar refractivity (Wildman–Crippen MR) is 103 cm³/mol. The van der Waals surface area contributed by atoms with Crippen LogP contribution in [0.3, 0.4) is 0 Å². The lowest BCUT2D eigenvalue weighted by Gasteiger charge is -2.16. The molecule has 2 aromatic carbocycles. The van der Waals surface area contributed by atoms with E-state index in [4.69, 9.17) is 0 Å². The maximum Gasteiger partial charge on any atom is 0.242 e. The quantitative estimate of drug-likeness (QED) is 0.798. The summed E-state index contributed by atoms with van der Waals surface area (Å²) in [5, 5.41) is 2.83. The lowest BCUT2D eigenvalue weighted by atomic mass is 10.1. The zero-order valence-electron chi connectivity index (χ0n) is 14.6. The van der Waals surface area contributed by atoms with Crippen LogP contribution in [0.1, 0.15) is 16.7 Å². The summed E-state index contributed by atoms with van der Waals surface area (Å²) in [4.78, 5) is 12.5. The van der Waals surface area contributed by atoms with Crippen molar-refractivity contribution in [2.24, 2.45) is 0 Å². The van der Waals surface area contributed by atoms with Crippen molar-refractivity contribution >= 4 is 37.5 Å². The predicted octanol–water partition coefficient (Wildman–Crippen LogP) is 3.50. The Labute approximate surface area is 157 Å². The summed E-state index contributed by atoms with van der Waals surface area (Å²) in [5.41, 5.74) is 3.05. The summed E-state index contributed by atoms with van der Waals surface area (Å²) in [5.74, 6) is -0.191. The van der Waals surface area contributed by atoms with Gasteiger partial charge < -0.3 is 5.32 Å². The van der Waals surface area contributed by atoms with Crippen LogP contribution in [-0.2, 0) is 21.2 Å². The summed E-state index contributed by atoms with van der Waals surface area (Å²) in [6, 6.07) is 10.6. The van der Waals surface area contributed by atoms with Gasteiger partial charge in [-0.15, -0.1) is 0 Å². The summed E-state index contributed by atoms with van der Waals surface area (Å²) in [6.07, 6.45) is 0.219. The van der Waals surface area contributed by atoms with Crippen molar-refractivity contribution in [2.75, 3.05) is 19.4 Å². The molecule has 0 spiro atoms. The molecule has 2 aromatic rings. The summed E-state index contributed by atoms with van der Waals surface area (Å²) in [6.45, 7) is 3.69. The van der Waals surface area contributed by atoms with E-state index in [0.29, 0.717) is 5.69 Å². The first kappa shape index (κ1) is 19.6. The number of hydrogen-bond donors (Lipinski definition) is 1. The molecule has 0 saturated carbocycles. The average Bonchev–Trinajstić information content (AvgIpc) is 2.53. The number of amides is 1. The van der Waals surface area contributed by atoms with Crippen LogP contribution in [0.5, 0.6) is 0 Å². The summed E-state index contributed by atoms with van der Waals surface area (Å²) >= 11 is 3.36. The SMILES string of the molecule is Cc1cc(S(=O)(=O)N(C)C)cc(NC(=O)Cc2ccc(Br)cc2)c1C. The van der Waals surface area contributed by atoms with Crippen molar-refractivity contribution in [3.05, 3.63) is 57.6 Å². The molecule has 0 saturated heterocycles. The lowest BCUT2D eigenvalue weighted by Crippen LogP contribution is -2.23. The second-order valence-corrected chi connectivity index (χ2v) is 9.12. The number of benzene rings is 2. The number of aryl methyl sites for hydroxylation is 1. The number of nitrogens with one attached hydrogen (secondary N) is 1. The smallest absolute Gasteiger partial charge is 0.242 e. The van der Waals surface area contributed by atoms with Crippen molar-refractivity contribution in [3.63, 3.8) is 0 Å². The number of sulfonamides is 1. The van der Waals surface area contributed by atoms with E-state index in [1.165, 1.54) is 20.2 Å². The fourth-order valence-electron chi connectivity index (χ4n) is 2.30. The van der Waals surface area contributed by atoms with E-state index >= 15 is 0 Å². The minimum absolute atomic E-state index is 0.166. The van der Waals surface area contributed by atoms with E-state index in [1.54, 1.807) is 6.07 Å². The Balaban J connectivity index is 2.28. The van der Waals surface area contributed by atoms with Gasteiger partial charge in [-0.2, -0.15) is 0 Å². The lowest BCUT2D eigenvalue weighted by molar-refractivity contribution is -0.115. The third-order valence-corrected chi connectivity index (χ3v) is 6.29. The van der Waals surface area contributed by atoms with Crippen LogP contribution in [-0.4, -0.2) is 32.7 Å². The van der Waals surface area contributed by atoms with Gasteiger partial charge in [0.25, 0.3) is 0 Å². The minimum atomic E-state index is -3.56. The highest BCUT2D eigenvalue weighted by atomic mass is 79.9. The molecule has 25 heavy (non-hydrogen) atoms. The van der Waals surface area contributed by atoms with Crippen LogP contribution in [0.2, 0.25) is 0 Å². The Bertz CT molecular complexity index is 891. The number of rotatable bonds is 5. The summed E-state index contributed by atoms with van der Waals surface area (Å²) in [7, 11) is -0.596. The van der Waals surface area contributed by atoms with E-state index in [2.05, 4.69) is 21.2 Å². The van der Waals surface area contributed by atoms with Crippen LogP contribution in [0.25, 0.3) is 0 Å². The van der Waals surface area contributed by atoms with Crippen LogP contribution >= 0.6 is 15.9 Å². The highest BCUT2D eigenvalue weighted by Gasteiger charge is 2.20. The topological polar surface area (TPSA) is 66.5 Å². The minimum Gasteiger partial charge on any atom is -0.326 e. The number of carbonyl (C=O) groups excluding carboxylic acids is 1. The fourth-order valence-corrected chi connectivity index (χ4v) is 3.58. The number of nitrogens with zero attached hydrogens (tertiary/aromatic N) is 1. The first-order valence-corrected chi connectivity index (χ1v) is 9.92. The third-order valence-electron chi connectivity index (χ3n) is 3.97. The number of anilines is 1. The van der Waals surface area contributed by atoms with E-state index in [-0.39, 0.29) is 17.2 Å². The average molecular weight is 425 g/mol. The molecule has 0 fully saturated rings. The molecule has 0 aromatic heterocycles. The van der Waals surface area contributed by atoms with Gasteiger partial charge >= 0.3 is 0 Å². The molecule has 0 radical (unpaired) electrons. The van der Waals surface area contributed by atoms with Crippen molar-refractivity contribution in [1.29, 1.82) is 0 Å². The molecule has 0 aliphatic rings. The van der Waals surface area contributed by atoms with Crippen LogP contribution < -0.4 is 5.32 Å². The van der Waals surface area contributed by atoms with Crippen LogP contribution in [0.4, 0.5) is 5.69 Å². The van der Waals surface area contributed by atoms with Gasteiger partial charge in [-0.25, -0.2) is 12.7 Å². The van der Waals surface area contributed by atoms with Gasteiger partial charge in [0, 0.05) is 24.3 Å². The largest absolute Gasteiger partial charge is 0.326 e. The van der Waals surface area contributed by atoms with E-state index in [9.17, 15) is 13.2 Å². The normalized spacial score (nSPS) is 11.6. The Hall–Kier alpha value is -1.70. The monoisotopic (exact) mass is 424 g/mol. The molecule has 134 valence electrons. The molecule has 0 aliphatic carbocycles. The Morgan fingerprint density at radius 2 is 1.72 bits per heavy atom. The molecule has 0 heterocycles. The molecule has 0 unspecified atom stereocenters. The Morgan fingerprint density at radius 3 is 2.28 bits per heavy atom. The molecular weight excluding hydrogens is 404 g/mol. The molecule has 2 rings (SSSR count). The van der Waals surface area contributed by atoms with Crippen molar-refractivity contribution in [2.45, 2.75) is 25.2 Å². The number of carbonyl (C=O) groups is 1. The maximum atomic E-state index is 12.4. The summed E-state index contributed by atoms with van der Waals surface area (Å²) < 4.78 is 26.8. The Morgan fingerprint density at radius 1 is 1.12 bits per heavy atom. The molecule has 0 aliphatic heterocycles. The van der Waals surface area contributed by atoms with Gasteiger partial charge in [-0.05, 0) is 54.8 Å². The second-order valence-electron chi connectivity index (χ2n) is 6.05. The number of halogens is 1. The van der Waals surface area contributed by atoms with Crippen LogP contribution in [0.15, 0.2) is 45.8 Å². The van der Waals surface area contributed by atoms with Crippen LogP contribution in [0, 0.1) is 13.8 Å². The molecule has 1 amide bonds. The molecule has 5 nitrogen and oxygen atoms in total. The van der Waals surface area contributed by atoms with Crippen molar-refractivity contribution < 1.29 is 13.2 Å². The first-order chi connectivity index (χ1) is 11.6. The highest BCUT2D eigenvalue weighted by molar-refractivity contribution is 9.10. The third kappa shape index (κ3) is 4.68. The molecular formula is C18H21BrN2O3S. The maximum absolute atomic E-state index is 12.4. The van der Waals surface area contributed by atoms with Gasteiger partial charge in [0.2, 0.25) is 15.9 Å². The van der Waals surface area contributed by atoms with Gasteiger partial charge in [-0.3, -0.25) is 4.79 Å². The Kier molecular flexibility index (Phi) is 6.03. The molecule has 0 bridgehead atoms. The zero-order valence-corrected chi connectivity index (χ0v) is 17.0. The fraction of sp³-hybridized carbons (Fsp3) is 0.278. The van der Waals surface area contributed by atoms with E-state index < -0.39 is 10.0 Å². The van der Waals surface area contributed by atoms with Gasteiger partial charge in [0.15, 0.2) is 0 Å². The second kappa shape index (κ2) is 7.68. The van der Waals surface area contributed by atoms with Gasteiger partial charge in [0.05, 0.1) is 11.3 Å². The highest BCUT2D eigenvalue weighted by Crippen LogP contribution is 2.25. The van der Waals surface area contributed by atoms with Crippen molar-refractivity contribution in [1.82, 2.24) is 4.31 Å². The van der Waals surface area contributed by atoms with E-state index in [0.717, 1.165) is 25.5 Å². The first-order valence-electron chi connectivity index (χ1n) is 7.69. The number of hydrogen-bond acceptors (Lipinski definition) is 3.